The van der Waals surface area contributed by atoms with Crippen LogP contribution >= 0.6 is 0 Å². The van der Waals surface area contributed by atoms with E-state index in [1.54, 1.807) is 17.5 Å². The van der Waals surface area contributed by atoms with E-state index in [0.29, 0.717) is 29.1 Å². The monoisotopic (exact) mass is 517 g/mol. The van der Waals surface area contributed by atoms with Crippen LogP contribution in [0.3, 0.4) is 0 Å². The van der Waals surface area contributed by atoms with Crippen LogP contribution in [-0.2, 0) is 10.0 Å². The second-order valence-electron chi connectivity index (χ2n) is 9.12. The Morgan fingerprint density at radius 1 is 1.19 bits per heavy atom. The lowest BCUT2D eigenvalue weighted by Gasteiger charge is -2.20. The zero-order chi connectivity index (χ0) is 25.9. The number of likely N-dealkylation sites (N-methyl/N-ethyl adjacent to an activating group) is 1. The summed E-state index contributed by atoms with van der Waals surface area (Å²) in [6.45, 7) is 5.63. The zero-order valence-corrected chi connectivity index (χ0v) is 22.0. The predicted octanol–water partition coefficient (Wildman–Crippen LogP) is 3.23. The highest BCUT2D eigenvalue weighted by molar-refractivity contribution is 7.89. The molecule has 0 atom stereocenters. The van der Waals surface area contributed by atoms with Crippen LogP contribution in [0.15, 0.2) is 27.9 Å². The SMILES string of the molecule is CCOc1ccc(S(=O)(=O)N(CC)CCO)cc1-c1nn2c(C3CCCCCC3)nc(C)c2c(=O)[nH]1. The zero-order valence-electron chi connectivity index (χ0n) is 21.2. The summed E-state index contributed by atoms with van der Waals surface area (Å²) >= 11 is 0. The summed E-state index contributed by atoms with van der Waals surface area (Å²) < 4.78 is 35.1. The molecule has 2 heterocycles. The molecule has 1 fully saturated rings. The number of imidazole rings is 1. The lowest BCUT2D eigenvalue weighted by molar-refractivity contribution is 0.257. The van der Waals surface area contributed by atoms with Crippen molar-refractivity contribution in [3.8, 4) is 17.1 Å². The maximum Gasteiger partial charge on any atom is 0.277 e. The molecule has 1 aliphatic rings. The molecule has 4 rings (SSSR count). The maximum absolute atomic E-state index is 13.2. The van der Waals surface area contributed by atoms with Crippen molar-refractivity contribution in [3.05, 3.63) is 40.1 Å². The highest BCUT2D eigenvalue weighted by Gasteiger charge is 2.26. The van der Waals surface area contributed by atoms with Crippen molar-refractivity contribution in [1.29, 1.82) is 0 Å². The minimum Gasteiger partial charge on any atom is -0.493 e. The summed E-state index contributed by atoms with van der Waals surface area (Å²) in [6, 6.07) is 4.52. The van der Waals surface area contributed by atoms with Gasteiger partial charge in [-0.3, -0.25) is 4.79 Å². The van der Waals surface area contributed by atoms with Gasteiger partial charge < -0.3 is 14.8 Å². The highest BCUT2D eigenvalue weighted by Crippen LogP contribution is 2.34. The van der Waals surface area contributed by atoms with E-state index in [1.165, 1.54) is 29.3 Å². The van der Waals surface area contributed by atoms with Gasteiger partial charge in [0, 0.05) is 19.0 Å². The summed E-state index contributed by atoms with van der Waals surface area (Å²) in [6.07, 6.45) is 6.62. The second-order valence-corrected chi connectivity index (χ2v) is 11.1. The molecule has 0 bridgehead atoms. The van der Waals surface area contributed by atoms with Crippen molar-refractivity contribution >= 4 is 15.5 Å². The lowest BCUT2D eigenvalue weighted by Crippen LogP contribution is -2.33. The first-order valence-corrected chi connectivity index (χ1v) is 14.1. The molecule has 36 heavy (non-hydrogen) atoms. The van der Waals surface area contributed by atoms with Crippen molar-refractivity contribution in [3.63, 3.8) is 0 Å². The van der Waals surface area contributed by atoms with Crippen LogP contribution in [0.4, 0.5) is 0 Å². The Hall–Kier alpha value is -2.76. The number of hydrogen-bond donors (Lipinski definition) is 2. The Bertz CT molecular complexity index is 1370. The maximum atomic E-state index is 13.2. The van der Waals surface area contributed by atoms with Gasteiger partial charge in [-0.1, -0.05) is 32.6 Å². The molecule has 3 aromatic rings. The van der Waals surface area contributed by atoms with Gasteiger partial charge >= 0.3 is 0 Å². The van der Waals surface area contributed by atoms with E-state index in [1.807, 2.05) is 13.8 Å². The van der Waals surface area contributed by atoms with Gasteiger partial charge in [0.15, 0.2) is 11.3 Å². The van der Waals surface area contributed by atoms with Crippen molar-refractivity contribution in [1.82, 2.24) is 23.9 Å². The number of aromatic amines is 1. The number of ether oxygens (including phenoxy) is 1. The first-order chi connectivity index (χ1) is 17.3. The molecule has 2 aromatic heterocycles. The Morgan fingerprint density at radius 2 is 1.92 bits per heavy atom. The third-order valence-electron chi connectivity index (χ3n) is 6.77. The van der Waals surface area contributed by atoms with Crippen LogP contribution < -0.4 is 10.3 Å². The summed E-state index contributed by atoms with van der Waals surface area (Å²) in [5.41, 5.74) is 1.06. The number of aromatic nitrogens is 4. The lowest BCUT2D eigenvalue weighted by atomic mass is 10.00. The van der Waals surface area contributed by atoms with Crippen molar-refractivity contribution in [2.24, 2.45) is 0 Å². The summed E-state index contributed by atoms with van der Waals surface area (Å²) in [5, 5.41) is 14.1. The van der Waals surface area contributed by atoms with E-state index >= 15 is 0 Å². The van der Waals surface area contributed by atoms with Gasteiger partial charge in [-0.25, -0.2) is 17.9 Å². The molecule has 0 amide bonds. The second kappa shape index (κ2) is 11.1. The number of nitrogens with zero attached hydrogens (tertiary/aromatic N) is 4. The predicted molar refractivity (Wildman–Crippen MR) is 137 cm³/mol. The number of fused-ring (bicyclic) bond motifs is 1. The molecule has 0 unspecified atom stereocenters. The quantitative estimate of drug-likeness (QED) is 0.417. The smallest absolute Gasteiger partial charge is 0.277 e. The summed E-state index contributed by atoms with van der Waals surface area (Å²) in [7, 11) is -3.87. The molecule has 0 saturated heterocycles. The van der Waals surface area contributed by atoms with E-state index in [2.05, 4.69) is 4.98 Å². The first kappa shape index (κ1) is 26.3. The minimum absolute atomic E-state index is 0.0124. The molecule has 1 aromatic carbocycles. The average molecular weight is 518 g/mol. The molecule has 11 heteroatoms. The van der Waals surface area contributed by atoms with Crippen LogP contribution in [0.1, 0.15) is 69.8 Å². The number of benzene rings is 1. The van der Waals surface area contributed by atoms with Crippen LogP contribution in [0, 0.1) is 6.92 Å². The Morgan fingerprint density at radius 3 is 2.56 bits per heavy atom. The number of aliphatic hydroxyl groups excluding tert-OH is 1. The third-order valence-corrected chi connectivity index (χ3v) is 8.74. The number of aliphatic hydroxyl groups is 1. The fourth-order valence-corrected chi connectivity index (χ4v) is 6.43. The van der Waals surface area contributed by atoms with Crippen molar-refractivity contribution in [2.45, 2.75) is 70.1 Å². The Labute approximate surface area is 211 Å². The molecule has 1 saturated carbocycles. The van der Waals surface area contributed by atoms with E-state index < -0.39 is 10.0 Å². The number of aryl methyl sites for hydroxylation is 1. The third kappa shape index (κ3) is 5.05. The average Bonchev–Trinajstić information content (AvgIpc) is 3.01. The fraction of sp³-hybridized carbons (Fsp3) is 0.560. The van der Waals surface area contributed by atoms with Gasteiger partial charge in [0.05, 0.1) is 29.4 Å². The van der Waals surface area contributed by atoms with E-state index in [0.717, 1.165) is 31.5 Å². The van der Waals surface area contributed by atoms with Gasteiger partial charge in [-0.2, -0.15) is 4.31 Å². The molecule has 1 aliphatic carbocycles. The van der Waals surface area contributed by atoms with Gasteiger partial charge in [0.25, 0.3) is 5.56 Å². The molecule has 10 nitrogen and oxygen atoms in total. The fourth-order valence-electron chi connectivity index (χ4n) is 4.96. The van der Waals surface area contributed by atoms with Crippen molar-refractivity contribution in [2.75, 3.05) is 26.3 Å². The standard InChI is InChI=1S/C25H35N5O5S/c1-4-29(14-15-31)36(33,34)19-12-13-21(35-5-2)20(16-19)23-27-25(32)22-17(3)26-24(30(22)28-23)18-10-8-6-7-9-11-18/h12-13,16,18,31H,4-11,14-15H2,1-3H3,(H,27,28,32). The molecule has 0 spiro atoms. The van der Waals surface area contributed by atoms with E-state index in [4.69, 9.17) is 14.8 Å². The van der Waals surface area contributed by atoms with Crippen molar-refractivity contribution < 1.29 is 18.3 Å². The topological polar surface area (TPSA) is 130 Å². The van der Waals surface area contributed by atoms with Crippen LogP contribution in [0.5, 0.6) is 5.75 Å². The summed E-state index contributed by atoms with van der Waals surface area (Å²) in [5.74, 6) is 1.62. The molecular formula is C25H35N5O5S. The molecule has 196 valence electrons. The normalized spacial score (nSPS) is 15.5. The number of rotatable bonds is 9. The number of hydrogen-bond acceptors (Lipinski definition) is 7. The Kier molecular flexibility index (Phi) is 8.11. The van der Waals surface area contributed by atoms with Gasteiger partial charge in [-0.15, -0.1) is 5.10 Å². The molecule has 0 radical (unpaired) electrons. The van der Waals surface area contributed by atoms with Gasteiger partial charge in [0.1, 0.15) is 11.6 Å². The Balaban J connectivity index is 1.89. The molecule has 0 aliphatic heterocycles. The van der Waals surface area contributed by atoms with Gasteiger partial charge in [0.2, 0.25) is 10.0 Å². The van der Waals surface area contributed by atoms with Crippen LogP contribution in [0.25, 0.3) is 16.9 Å². The van der Waals surface area contributed by atoms with Gasteiger partial charge in [-0.05, 0) is 44.9 Å². The minimum atomic E-state index is -3.87. The van der Waals surface area contributed by atoms with Crippen LogP contribution in [0.2, 0.25) is 0 Å². The molecular weight excluding hydrogens is 482 g/mol. The van der Waals surface area contributed by atoms with E-state index in [-0.39, 0.29) is 41.9 Å². The number of sulfonamides is 1. The van der Waals surface area contributed by atoms with Crippen LogP contribution in [-0.4, -0.2) is 63.7 Å². The largest absolute Gasteiger partial charge is 0.493 e. The number of H-pyrrole nitrogens is 1. The highest BCUT2D eigenvalue weighted by atomic mass is 32.2. The molecule has 2 N–H and O–H groups in total. The van der Waals surface area contributed by atoms with E-state index in [9.17, 15) is 18.3 Å². The number of nitrogens with one attached hydrogen (secondary N) is 1. The first-order valence-electron chi connectivity index (χ1n) is 12.7. The summed E-state index contributed by atoms with van der Waals surface area (Å²) in [4.78, 5) is 20.8.